The van der Waals surface area contributed by atoms with Crippen LogP contribution in [0.25, 0.3) is 0 Å². The number of halogens is 1. The third-order valence-corrected chi connectivity index (χ3v) is 5.24. The lowest BCUT2D eigenvalue weighted by Gasteiger charge is -2.21. The van der Waals surface area contributed by atoms with Gasteiger partial charge < -0.3 is 10.2 Å². The number of hydrogen-bond donors (Lipinski definition) is 1. The first-order valence-electron chi connectivity index (χ1n) is 8.56. The molecule has 0 aromatic heterocycles. The molecule has 3 rings (SSSR count). The van der Waals surface area contributed by atoms with Gasteiger partial charge in [0.15, 0.2) is 0 Å². The third-order valence-electron chi connectivity index (χ3n) is 4.75. The maximum atomic E-state index is 12.6. The van der Waals surface area contributed by atoms with Gasteiger partial charge in [-0.3, -0.25) is 4.79 Å². The van der Waals surface area contributed by atoms with Crippen LogP contribution >= 0.6 is 15.9 Å². The highest BCUT2D eigenvalue weighted by atomic mass is 79.9. The van der Waals surface area contributed by atoms with Crippen molar-refractivity contribution in [1.29, 1.82) is 0 Å². The number of nitrogens with zero attached hydrogens (tertiary/aromatic N) is 1. The molecule has 1 amide bonds. The summed E-state index contributed by atoms with van der Waals surface area (Å²) in [5.74, 6) is 0.00173. The number of rotatable bonds is 5. The first-order chi connectivity index (χ1) is 11.6. The number of hydrogen-bond acceptors (Lipinski definition) is 2. The fourth-order valence-corrected chi connectivity index (χ4v) is 3.80. The first kappa shape index (κ1) is 17.0. The minimum atomic E-state index is 0.00173. The number of anilines is 1. The molecule has 1 aliphatic rings. The van der Waals surface area contributed by atoms with Crippen molar-refractivity contribution in [2.45, 2.75) is 32.7 Å². The molecule has 126 valence electrons. The summed E-state index contributed by atoms with van der Waals surface area (Å²) in [5, 5.41) is 3.18. The van der Waals surface area contributed by atoms with E-state index in [0.29, 0.717) is 0 Å². The molecule has 0 aliphatic heterocycles. The van der Waals surface area contributed by atoms with Gasteiger partial charge in [0.2, 0.25) is 0 Å². The predicted molar refractivity (Wildman–Crippen MR) is 103 cm³/mol. The molecule has 24 heavy (non-hydrogen) atoms. The Morgan fingerprint density at radius 2 is 1.88 bits per heavy atom. The van der Waals surface area contributed by atoms with Gasteiger partial charge in [0, 0.05) is 28.8 Å². The molecule has 0 heterocycles. The van der Waals surface area contributed by atoms with Gasteiger partial charge in [0.05, 0.1) is 6.04 Å². The molecule has 2 aromatic carbocycles. The second-order valence-electron chi connectivity index (χ2n) is 6.13. The number of fused-ring (bicyclic) bond motifs is 1. The number of carbonyl (C=O) groups is 1. The number of carbonyl (C=O) groups excluding carboxylic acids is 1. The highest BCUT2D eigenvalue weighted by molar-refractivity contribution is 9.10. The largest absolute Gasteiger partial charge is 0.372 e. The average molecular weight is 387 g/mol. The smallest absolute Gasteiger partial charge is 0.251 e. The predicted octanol–water partition coefficient (Wildman–Crippen LogP) is 4.71. The molecule has 0 radical (unpaired) electrons. The summed E-state index contributed by atoms with van der Waals surface area (Å²) in [6.45, 7) is 6.22. The standard InChI is InChI=1S/C20H23BrN2O/c1-3-23(4-2)17-9-5-14(6-10-17)20(24)22-19-12-7-15-13-16(21)8-11-18(15)19/h5-6,8-11,13,19H,3-4,7,12H2,1-2H3,(H,22,24). The normalized spacial score (nSPS) is 15.9. The number of nitrogens with one attached hydrogen (secondary N) is 1. The van der Waals surface area contributed by atoms with Crippen LogP contribution in [-0.2, 0) is 6.42 Å². The first-order valence-corrected chi connectivity index (χ1v) is 9.35. The van der Waals surface area contributed by atoms with Crippen LogP contribution in [0.1, 0.15) is 47.8 Å². The molecule has 1 aliphatic carbocycles. The number of aryl methyl sites for hydroxylation is 1. The molecule has 0 fully saturated rings. The topological polar surface area (TPSA) is 32.3 Å². The summed E-state index contributed by atoms with van der Waals surface area (Å²) in [6.07, 6.45) is 1.98. The van der Waals surface area contributed by atoms with Gasteiger partial charge in [-0.15, -0.1) is 0 Å². The van der Waals surface area contributed by atoms with Crippen molar-refractivity contribution in [3.8, 4) is 0 Å². The van der Waals surface area contributed by atoms with Crippen molar-refractivity contribution in [1.82, 2.24) is 5.32 Å². The maximum Gasteiger partial charge on any atom is 0.251 e. The molecular formula is C20H23BrN2O. The number of benzene rings is 2. The molecule has 1 N–H and O–H groups in total. The van der Waals surface area contributed by atoms with E-state index < -0.39 is 0 Å². The summed E-state index contributed by atoms with van der Waals surface area (Å²) in [7, 11) is 0. The Kier molecular flexibility index (Phi) is 5.24. The van der Waals surface area contributed by atoms with Crippen molar-refractivity contribution in [2.75, 3.05) is 18.0 Å². The van der Waals surface area contributed by atoms with Gasteiger partial charge >= 0.3 is 0 Å². The van der Waals surface area contributed by atoms with Crippen LogP contribution in [0, 0.1) is 0 Å². The van der Waals surface area contributed by atoms with Gasteiger partial charge in [-0.25, -0.2) is 0 Å². The SMILES string of the molecule is CCN(CC)c1ccc(C(=O)NC2CCc3cc(Br)ccc32)cc1. The highest BCUT2D eigenvalue weighted by Crippen LogP contribution is 2.33. The molecule has 4 heteroatoms. The molecule has 0 saturated heterocycles. The molecule has 1 atom stereocenters. The van der Waals surface area contributed by atoms with Crippen LogP contribution in [0.4, 0.5) is 5.69 Å². The van der Waals surface area contributed by atoms with E-state index in [9.17, 15) is 4.79 Å². The summed E-state index contributed by atoms with van der Waals surface area (Å²) in [5.41, 5.74) is 4.45. The Bertz CT molecular complexity index is 723. The molecule has 0 bridgehead atoms. The molecule has 2 aromatic rings. The Hall–Kier alpha value is -1.81. The van der Waals surface area contributed by atoms with Gasteiger partial charge in [0.1, 0.15) is 0 Å². The molecule has 3 nitrogen and oxygen atoms in total. The molecular weight excluding hydrogens is 364 g/mol. The van der Waals surface area contributed by atoms with Crippen LogP contribution in [-0.4, -0.2) is 19.0 Å². The minimum absolute atomic E-state index is 0.00173. The van der Waals surface area contributed by atoms with Crippen molar-refractivity contribution in [3.63, 3.8) is 0 Å². The summed E-state index contributed by atoms with van der Waals surface area (Å²) < 4.78 is 1.10. The minimum Gasteiger partial charge on any atom is -0.372 e. The lowest BCUT2D eigenvalue weighted by Crippen LogP contribution is -2.27. The zero-order valence-corrected chi connectivity index (χ0v) is 15.8. The fraction of sp³-hybridized carbons (Fsp3) is 0.350. The summed E-state index contributed by atoms with van der Waals surface area (Å²) in [4.78, 5) is 14.8. The molecule has 0 saturated carbocycles. The monoisotopic (exact) mass is 386 g/mol. The van der Waals surface area contributed by atoms with Crippen molar-refractivity contribution >= 4 is 27.5 Å². The van der Waals surface area contributed by atoms with Gasteiger partial charge in [-0.1, -0.05) is 22.0 Å². The van der Waals surface area contributed by atoms with Crippen LogP contribution in [0.5, 0.6) is 0 Å². The Balaban J connectivity index is 1.70. The van der Waals surface area contributed by atoms with Crippen molar-refractivity contribution < 1.29 is 4.79 Å². The summed E-state index contributed by atoms with van der Waals surface area (Å²) in [6, 6.07) is 14.3. The van der Waals surface area contributed by atoms with E-state index in [-0.39, 0.29) is 11.9 Å². The molecule has 0 spiro atoms. The van der Waals surface area contributed by atoms with E-state index in [1.807, 2.05) is 30.3 Å². The molecule has 1 unspecified atom stereocenters. The Morgan fingerprint density at radius 1 is 1.17 bits per heavy atom. The average Bonchev–Trinajstić information content (AvgIpc) is 2.98. The Labute approximate surface area is 152 Å². The quantitative estimate of drug-likeness (QED) is 0.806. The van der Waals surface area contributed by atoms with E-state index in [4.69, 9.17) is 0 Å². The van der Waals surface area contributed by atoms with Crippen LogP contribution < -0.4 is 10.2 Å². The van der Waals surface area contributed by atoms with E-state index >= 15 is 0 Å². The lowest BCUT2D eigenvalue weighted by atomic mass is 10.1. The zero-order chi connectivity index (χ0) is 17.1. The van der Waals surface area contributed by atoms with Crippen molar-refractivity contribution in [2.24, 2.45) is 0 Å². The number of amides is 1. The maximum absolute atomic E-state index is 12.6. The third kappa shape index (κ3) is 3.48. The van der Waals surface area contributed by atoms with Crippen LogP contribution in [0.3, 0.4) is 0 Å². The van der Waals surface area contributed by atoms with Gasteiger partial charge in [-0.05, 0) is 74.2 Å². The van der Waals surface area contributed by atoms with Gasteiger partial charge in [0.25, 0.3) is 5.91 Å². The van der Waals surface area contributed by atoms with E-state index in [2.05, 4.69) is 52.1 Å². The van der Waals surface area contributed by atoms with Crippen LogP contribution in [0.2, 0.25) is 0 Å². The highest BCUT2D eigenvalue weighted by Gasteiger charge is 2.24. The van der Waals surface area contributed by atoms with Gasteiger partial charge in [-0.2, -0.15) is 0 Å². The van der Waals surface area contributed by atoms with E-state index in [1.54, 1.807) is 0 Å². The fourth-order valence-electron chi connectivity index (χ4n) is 3.39. The van der Waals surface area contributed by atoms with Crippen LogP contribution in [0.15, 0.2) is 46.9 Å². The second kappa shape index (κ2) is 7.39. The lowest BCUT2D eigenvalue weighted by molar-refractivity contribution is 0.0937. The van der Waals surface area contributed by atoms with E-state index in [0.717, 1.165) is 41.7 Å². The zero-order valence-electron chi connectivity index (χ0n) is 14.2. The second-order valence-corrected chi connectivity index (χ2v) is 7.04. The van der Waals surface area contributed by atoms with E-state index in [1.165, 1.54) is 11.1 Å². The van der Waals surface area contributed by atoms with Crippen molar-refractivity contribution in [3.05, 3.63) is 63.6 Å². The summed E-state index contributed by atoms with van der Waals surface area (Å²) >= 11 is 3.51. The Morgan fingerprint density at radius 3 is 2.54 bits per heavy atom.